The van der Waals surface area contributed by atoms with E-state index in [9.17, 15) is 9.18 Å². The van der Waals surface area contributed by atoms with Crippen molar-refractivity contribution < 1.29 is 9.18 Å². The lowest BCUT2D eigenvalue weighted by Gasteiger charge is -2.77. The Kier molecular flexibility index (Phi) is 3.46. The van der Waals surface area contributed by atoms with Crippen LogP contribution in [0.3, 0.4) is 0 Å². The first-order valence-electron chi connectivity index (χ1n) is 7.41. The van der Waals surface area contributed by atoms with Gasteiger partial charge < -0.3 is 5.73 Å². The Morgan fingerprint density at radius 2 is 1.72 bits per heavy atom. The van der Waals surface area contributed by atoms with Crippen molar-refractivity contribution in [3.05, 3.63) is 0 Å². The van der Waals surface area contributed by atoms with E-state index in [4.69, 9.17) is 5.73 Å². The summed E-state index contributed by atoms with van der Waals surface area (Å²) >= 11 is 0. The molecule has 2 nitrogen and oxygen atoms in total. The minimum atomic E-state index is -1.09. The second kappa shape index (κ2) is 4.50. The van der Waals surface area contributed by atoms with Crippen molar-refractivity contribution in [2.24, 2.45) is 16.6 Å². The number of hydrogen-bond acceptors (Lipinski definition) is 1. The summed E-state index contributed by atoms with van der Waals surface area (Å²) in [7, 11) is 0. The van der Waals surface area contributed by atoms with Crippen LogP contribution in [0.4, 0.5) is 4.39 Å². The minimum absolute atomic E-state index is 0.282. The fraction of sp³-hybridized carbons (Fsp3) is 0.933. The number of primary amides is 1. The van der Waals surface area contributed by atoms with Crippen LogP contribution in [0.2, 0.25) is 0 Å². The Hall–Kier alpha value is -0.600. The van der Waals surface area contributed by atoms with E-state index in [1.165, 1.54) is 25.7 Å². The number of halogens is 1. The summed E-state index contributed by atoms with van der Waals surface area (Å²) in [5.74, 6) is -0.282. The molecule has 104 valence electrons. The first-order valence-corrected chi connectivity index (χ1v) is 7.41. The molecule has 0 saturated heterocycles. The zero-order valence-electron chi connectivity index (χ0n) is 11.7. The first kappa shape index (κ1) is 13.8. The van der Waals surface area contributed by atoms with Gasteiger partial charge in [0.25, 0.3) is 0 Å². The Balaban J connectivity index is 1.77. The molecule has 2 N–H and O–H groups in total. The number of carbonyl (C=O) groups excluding carboxylic acids is 1. The molecule has 3 rings (SSSR count). The number of alkyl halides is 1. The van der Waals surface area contributed by atoms with Crippen molar-refractivity contribution in [1.82, 2.24) is 0 Å². The highest BCUT2D eigenvalue weighted by Crippen LogP contribution is 2.81. The van der Waals surface area contributed by atoms with Crippen LogP contribution < -0.4 is 5.73 Å². The molecule has 1 atom stereocenters. The van der Waals surface area contributed by atoms with Crippen molar-refractivity contribution in [2.75, 3.05) is 0 Å². The molecule has 0 aromatic carbocycles. The molecule has 0 spiro atoms. The van der Waals surface area contributed by atoms with Crippen molar-refractivity contribution >= 4 is 5.91 Å². The molecule has 3 heteroatoms. The van der Waals surface area contributed by atoms with Crippen LogP contribution in [0.5, 0.6) is 0 Å². The molecule has 3 fully saturated rings. The minimum Gasteiger partial charge on any atom is -0.369 e. The second-order valence-corrected chi connectivity index (χ2v) is 6.62. The van der Waals surface area contributed by atoms with Crippen LogP contribution in [0.1, 0.15) is 71.6 Å². The van der Waals surface area contributed by atoms with Crippen molar-refractivity contribution in [1.29, 1.82) is 0 Å². The lowest BCUT2D eigenvalue weighted by Crippen LogP contribution is -2.83. The quantitative estimate of drug-likeness (QED) is 0.660. The summed E-state index contributed by atoms with van der Waals surface area (Å²) in [6.07, 6.45) is 8.79. The largest absolute Gasteiger partial charge is 0.369 e. The molecule has 1 amide bonds. The van der Waals surface area contributed by atoms with Crippen LogP contribution in [0.25, 0.3) is 0 Å². The van der Waals surface area contributed by atoms with Gasteiger partial charge in [0.1, 0.15) is 5.67 Å². The van der Waals surface area contributed by atoms with Crippen molar-refractivity contribution in [2.45, 2.75) is 77.3 Å². The third-order valence-electron chi connectivity index (χ3n) is 5.71. The fourth-order valence-corrected chi connectivity index (χ4v) is 4.07. The van der Waals surface area contributed by atoms with E-state index in [2.05, 4.69) is 6.92 Å². The SMILES string of the molecule is CCCCCCCCC1(C)C2(F)CC1(C(N)=O)C2. The van der Waals surface area contributed by atoms with Gasteiger partial charge in [-0.2, -0.15) is 0 Å². The molecular formula is C15H26FNO. The van der Waals surface area contributed by atoms with E-state index < -0.39 is 16.5 Å². The molecule has 3 aliphatic carbocycles. The molecule has 0 heterocycles. The molecular weight excluding hydrogens is 229 g/mol. The van der Waals surface area contributed by atoms with Gasteiger partial charge in [0, 0.05) is 5.41 Å². The standard InChI is InChI=1S/C15H26FNO/c1-3-4-5-6-7-8-9-13(2)14(12(17)18)10-15(13,16)11-14/h3-11H2,1-2H3,(H2,17,18). The summed E-state index contributed by atoms with van der Waals surface area (Å²) in [5.41, 5.74) is 3.41. The normalized spacial score (nSPS) is 41.1. The average molecular weight is 255 g/mol. The van der Waals surface area contributed by atoms with Gasteiger partial charge in [-0.3, -0.25) is 4.79 Å². The highest BCUT2D eigenvalue weighted by Gasteiger charge is 2.85. The smallest absolute Gasteiger partial charge is 0.224 e. The average Bonchev–Trinajstić information content (AvgIpc) is 2.29. The van der Waals surface area contributed by atoms with Crippen molar-refractivity contribution in [3.63, 3.8) is 0 Å². The topological polar surface area (TPSA) is 43.1 Å². The van der Waals surface area contributed by atoms with Crippen LogP contribution in [0, 0.1) is 10.8 Å². The molecule has 2 bridgehead atoms. The van der Waals surface area contributed by atoms with E-state index in [0.717, 1.165) is 19.3 Å². The van der Waals surface area contributed by atoms with E-state index in [-0.39, 0.29) is 5.91 Å². The predicted octanol–water partition coefficient (Wildman–Crippen LogP) is 3.73. The van der Waals surface area contributed by atoms with E-state index in [0.29, 0.717) is 12.8 Å². The van der Waals surface area contributed by atoms with Gasteiger partial charge in [-0.05, 0) is 19.3 Å². The summed E-state index contributed by atoms with van der Waals surface area (Å²) in [6, 6.07) is 0. The zero-order chi connectivity index (χ0) is 13.4. The molecule has 0 radical (unpaired) electrons. The molecule has 3 saturated carbocycles. The highest BCUT2D eigenvalue weighted by molar-refractivity contribution is 5.87. The van der Waals surface area contributed by atoms with Crippen LogP contribution in [0.15, 0.2) is 0 Å². The van der Waals surface area contributed by atoms with E-state index in [1.54, 1.807) is 0 Å². The molecule has 0 aliphatic heterocycles. The Bertz CT molecular complexity index is 335. The highest BCUT2D eigenvalue weighted by atomic mass is 19.1. The lowest BCUT2D eigenvalue weighted by molar-refractivity contribution is -0.327. The third-order valence-corrected chi connectivity index (χ3v) is 5.71. The maximum atomic E-state index is 14.3. The first-order chi connectivity index (χ1) is 8.42. The van der Waals surface area contributed by atoms with Gasteiger partial charge in [0.15, 0.2) is 0 Å². The lowest BCUT2D eigenvalue weighted by atomic mass is 9.27. The van der Waals surface area contributed by atoms with Gasteiger partial charge in [-0.15, -0.1) is 0 Å². The monoisotopic (exact) mass is 255 g/mol. The van der Waals surface area contributed by atoms with Crippen LogP contribution in [-0.4, -0.2) is 11.6 Å². The second-order valence-electron chi connectivity index (χ2n) is 6.62. The Labute approximate surface area is 110 Å². The molecule has 3 aliphatic rings. The van der Waals surface area contributed by atoms with Gasteiger partial charge in [0.2, 0.25) is 5.91 Å². The summed E-state index contributed by atoms with van der Waals surface area (Å²) in [5, 5.41) is 0. The van der Waals surface area contributed by atoms with E-state index >= 15 is 0 Å². The van der Waals surface area contributed by atoms with E-state index in [1.807, 2.05) is 6.92 Å². The third kappa shape index (κ3) is 1.62. The summed E-state index contributed by atoms with van der Waals surface area (Å²) in [6.45, 7) is 4.13. The number of nitrogens with two attached hydrogens (primary N) is 1. The molecule has 18 heavy (non-hydrogen) atoms. The maximum Gasteiger partial charge on any atom is 0.224 e. The summed E-state index contributed by atoms with van der Waals surface area (Å²) < 4.78 is 14.3. The van der Waals surface area contributed by atoms with Crippen LogP contribution in [-0.2, 0) is 4.79 Å². The Morgan fingerprint density at radius 3 is 2.22 bits per heavy atom. The van der Waals surface area contributed by atoms with Gasteiger partial charge >= 0.3 is 0 Å². The van der Waals surface area contributed by atoms with Gasteiger partial charge in [-0.25, -0.2) is 4.39 Å². The molecule has 1 unspecified atom stereocenters. The van der Waals surface area contributed by atoms with Gasteiger partial charge in [0.05, 0.1) is 5.41 Å². The predicted molar refractivity (Wildman–Crippen MR) is 70.8 cm³/mol. The van der Waals surface area contributed by atoms with Crippen molar-refractivity contribution in [3.8, 4) is 0 Å². The maximum absolute atomic E-state index is 14.3. The Morgan fingerprint density at radius 1 is 1.17 bits per heavy atom. The molecule has 0 aromatic heterocycles. The number of unbranched alkanes of at least 4 members (excludes halogenated alkanes) is 5. The molecule has 0 aromatic rings. The summed E-state index contributed by atoms with van der Waals surface area (Å²) in [4.78, 5) is 11.5. The number of rotatable bonds is 8. The fourth-order valence-electron chi connectivity index (χ4n) is 4.07. The number of hydrogen-bond donors (Lipinski definition) is 1. The van der Waals surface area contributed by atoms with Crippen LogP contribution >= 0.6 is 0 Å². The number of amides is 1. The number of carbonyl (C=O) groups is 1. The zero-order valence-corrected chi connectivity index (χ0v) is 11.7. The van der Waals surface area contributed by atoms with Gasteiger partial charge in [-0.1, -0.05) is 52.4 Å².